The molecule has 0 saturated heterocycles. The third kappa shape index (κ3) is 7.01. The maximum atomic E-state index is 13.0. The molecule has 0 spiro atoms. The summed E-state index contributed by atoms with van der Waals surface area (Å²) in [7, 11) is 0. The molecule has 0 saturated carbocycles. The Labute approximate surface area is 122 Å². The second kappa shape index (κ2) is 10.8. The normalized spacial score (nSPS) is 12.6. The Hall–Kier alpha value is -0.930. The van der Waals surface area contributed by atoms with Crippen molar-refractivity contribution in [2.45, 2.75) is 45.4 Å². The molecule has 0 aliphatic heterocycles. The molecule has 114 valence electrons. The van der Waals surface area contributed by atoms with E-state index in [1.165, 1.54) is 12.0 Å². The number of hydrogen-bond acceptors (Lipinski definition) is 2. The highest BCUT2D eigenvalue weighted by atomic mass is 19.1. The molecule has 0 radical (unpaired) electrons. The van der Waals surface area contributed by atoms with Gasteiger partial charge in [-0.05, 0) is 49.4 Å². The molecule has 1 rings (SSSR count). The van der Waals surface area contributed by atoms with Crippen molar-refractivity contribution >= 4 is 0 Å². The maximum Gasteiger partial charge on any atom is 0.123 e. The SMILES string of the molecule is CCCCOCCC(CNCCC)c1ccc(F)cc1. The fourth-order valence-corrected chi connectivity index (χ4v) is 2.15. The second-order valence-electron chi connectivity index (χ2n) is 5.21. The van der Waals surface area contributed by atoms with Crippen molar-refractivity contribution in [1.29, 1.82) is 0 Å². The number of halogens is 1. The first kappa shape index (κ1) is 17.1. The second-order valence-corrected chi connectivity index (χ2v) is 5.21. The van der Waals surface area contributed by atoms with Crippen LogP contribution in [0.4, 0.5) is 4.39 Å². The largest absolute Gasteiger partial charge is 0.381 e. The quantitative estimate of drug-likeness (QED) is 0.616. The van der Waals surface area contributed by atoms with Gasteiger partial charge in [-0.15, -0.1) is 0 Å². The van der Waals surface area contributed by atoms with E-state index in [-0.39, 0.29) is 5.82 Å². The molecule has 2 nitrogen and oxygen atoms in total. The van der Waals surface area contributed by atoms with Crippen LogP contribution >= 0.6 is 0 Å². The Morgan fingerprint density at radius 1 is 1.10 bits per heavy atom. The standard InChI is InChI=1S/C17H28FNO/c1-3-5-12-20-13-10-16(14-19-11-4-2)15-6-8-17(18)9-7-15/h6-9,16,19H,3-5,10-14H2,1-2H3. The molecule has 1 unspecified atom stereocenters. The van der Waals surface area contributed by atoms with Crippen LogP contribution in [0.5, 0.6) is 0 Å². The number of ether oxygens (including phenoxy) is 1. The van der Waals surface area contributed by atoms with E-state index in [0.717, 1.165) is 45.6 Å². The minimum absolute atomic E-state index is 0.173. The van der Waals surface area contributed by atoms with Crippen LogP contribution in [0.15, 0.2) is 24.3 Å². The molecule has 0 bridgehead atoms. The van der Waals surface area contributed by atoms with Crippen LogP contribution in [0.25, 0.3) is 0 Å². The molecule has 0 aliphatic carbocycles. The lowest BCUT2D eigenvalue weighted by atomic mass is 9.96. The molecule has 0 aromatic heterocycles. The Morgan fingerprint density at radius 3 is 2.50 bits per heavy atom. The van der Waals surface area contributed by atoms with Crippen molar-refractivity contribution in [2.75, 3.05) is 26.3 Å². The Bertz CT molecular complexity index is 339. The van der Waals surface area contributed by atoms with Gasteiger partial charge >= 0.3 is 0 Å². The van der Waals surface area contributed by atoms with Crippen LogP contribution in [0, 0.1) is 5.82 Å². The zero-order valence-corrected chi connectivity index (χ0v) is 12.8. The van der Waals surface area contributed by atoms with Gasteiger partial charge in [-0.1, -0.05) is 32.4 Å². The van der Waals surface area contributed by atoms with Crippen LogP contribution in [0.1, 0.15) is 51.0 Å². The van der Waals surface area contributed by atoms with Crippen molar-refractivity contribution in [3.05, 3.63) is 35.6 Å². The highest BCUT2D eigenvalue weighted by Crippen LogP contribution is 2.19. The molecule has 0 fully saturated rings. The molecule has 0 amide bonds. The molecule has 20 heavy (non-hydrogen) atoms. The summed E-state index contributed by atoms with van der Waals surface area (Å²) in [6, 6.07) is 6.86. The van der Waals surface area contributed by atoms with Crippen LogP contribution in [0.2, 0.25) is 0 Å². The summed E-state index contributed by atoms with van der Waals surface area (Å²) >= 11 is 0. The topological polar surface area (TPSA) is 21.3 Å². The van der Waals surface area contributed by atoms with E-state index >= 15 is 0 Å². The fourth-order valence-electron chi connectivity index (χ4n) is 2.15. The summed E-state index contributed by atoms with van der Waals surface area (Å²) in [5, 5.41) is 3.45. The molecular formula is C17H28FNO. The lowest BCUT2D eigenvalue weighted by molar-refractivity contribution is 0.124. The molecule has 1 aromatic rings. The highest BCUT2D eigenvalue weighted by molar-refractivity contribution is 5.20. The van der Waals surface area contributed by atoms with E-state index < -0.39 is 0 Å². The number of rotatable bonds is 11. The average molecular weight is 281 g/mol. The van der Waals surface area contributed by atoms with Gasteiger partial charge in [0.2, 0.25) is 0 Å². The minimum Gasteiger partial charge on any atom is -0.381 e. The zero-order valence-electron chi connectivity index (χ0n) is 12.8. The lowest BCUT2D eigenvalue weighted by Gasteiger charge is -2.18. The van der Waals surface area contributed by atoms with Crippen molar-refractivity contribution in [1.82, 2.24) is 5.32 Å². The van der Waals surface area contributed by atoms with Gasteiger partial charge in [0.05, 0.1) is 0 Å². The maximum absolute atomic E-state index is 13.0. The van der Waals surface area contributed by atoms with Crippen molar-refractivity contribution in [2.24, 2.45) is 0 Å². The van der Waals surface area contributed by atoms with E-state index in [9.17, 15) is 4.39 Å². The first-order valence-electron chi connectivity index (χ1n) is 7.81. The van der Waals surface area contributed by atoms with Gasteiger partial charge in [-0.3, -0.25) is 0 Å². The van der Waals surface area contributed by atoms with Crippen LogP contribution in [-0.2, 0) is 4.74 Å². The number of unbranched alkanes of at least 4 members (excludes halogenated alkanes) is 1. The van der Waals surface area contributed by atoms with E-state index in [0.29, 0.717) is 5.92 Å². The van der Waals surface area contributed by atoms with Gasteiger partial charge in [-0.2, -0.15) is 0 Å². The molecule has 0 aliphatic rings. The summed E-state index contributed by atoms with van der Waals surface area (Å²) in [6.45, 7) is 7.89. The smallest absolute Gasteiger partial charge is 0.123 e. The van der Waals surface area contributed by atoms with E-state index in [4.69, 9.17) is 4.74 Å². The molecule has 1 N–H and O–H groups in total. The number of benzene rings is 1. The molecular weight excluding hydrogens is 253 g/mol. The van der Waals surface area contributed by atoms with Crippen molar-refractivity contribution in [3.63, 3.8) is 0 Å². The first-order valence-corrected chi connectivity index (χ1v) is 7.81. The van der Waals surface area contributed by atoms with Gasteiger partial charge in [0, 0.05) is 19.8 Å². The predicted molar refractivity (Wildman–Crippen MR) is 82.6 cm³/mol. The summed E-state index contributed by atoms with van der Waals surface area (Å²) in [5.74, 6) is 0.219. The summed E-state index contributed by atoms with van der Waals surface area (Å²) < 4.78 is 18.7. The van der Waals surface area contributed by atoms with Gasteiger partial charge in [0.25, 0.3) is 0 Å². The molecule has 1 aromatic carbocycles. The van der Waals surface area contributed by atoms with Crippen LogP contribution in [-0.4, -0.2) is 26.3 Å². The third-order valence-electron chi connectivity index (χ3n) is 3.41. The number of hydrogen-bond donors (Lipinski definition) is 1. The fraction of sp³-hybridized carbons (Fsp3) is 0.647. The first-order chi connectivity index (χ1) is 9.77. The third-order valence-corrected chi connectivity index (χ3v) is 3.41. The van der Waals surface area contributed by atoms with Gasteiger partial charge in [-0.25, -0.2) is 4.39 Å². The summed E-state index contributed by atoms with van der Waals surface area (Å²) in [6.07, 6.45) is 4.39. The highest BCUT2D eigenvalue weighted by Gasteiger charge is 2.11. The van der Waals surface area contributed by atoms with E-state index in [2.05, 4.69) is 19.2 Å². The summed E-state index contributed by atoms with van der Waals surface area (Å²) in [5.41, 5.74) is 1.19. The molecule has 1 atom stereocenters. The monoisotopic (exact) mass is 281 g/mol. The van der Waals surface area contributed by atoms with Gasteiger partial charge < -0.3 is 10.1 Å². The predicted octanol–water partition coefficient (Wildman–Crippen LogP) is 4.12. The average Bonchev–Trinajstić information content (AvgIpc) is 2.46. The van der Waals surface area contributed by atoms with Gasteiger partial charge in [0.1, 0.15) is 5.82 Å². The van der Waals surface area contributed by atoms with Crippen LogP contribution < -0.4 is 5.32 Å². The van der Waals surface area contributed by atoms with Crippen molar-refractivity contribution in [3.8, 4) is 0 Å². The Kier molecular flexibility index (Phi) is 9.25. The van der Waals surface area contributed by atoms with Gasteiger partial charge in [0.15, 0.2) is 0 Å². The summed E-state index contributed by atoms with van der Waals surface area (Å²) in [4.78, 5) is 0. The Balaban J connectivity index is 2.44. The molecule has 0 heterocycles. The Morgan fingerprint density at radius 2 is 1.85 bits per heavy atom. The number of nitrogens with one attached hydrogen (secondary N) is 1. The zero-order chi connectivity index (χ0) is 14.6. The van der Waals surface area contributed by atoms with Crippen molar-refractivity contribution < 1.29 is 9.13 Å². The van der Waals surface area contributed by atoms with Crippen LogP contribution in [0.3, 0.4) is 0 Å². The molecule has 3 heteroatoms. The minimum atomic E-state index is -0.173. The van der Waals surface area contributed by atoms with E-state index in [1.54, 1.807) is 12.1 Å². The lowest BCUT2D eigenvalue weighted by Crippen LogP contribution is -2.23. The van der Waals surface area contributed by atoms with E-state index in [1.807, 2.05) is 12.1 Å².